The molecule has 1 saturated heterocycles. The molecule has 0 radical (unpaired) electrons. The van der Waals surface area contributed by atoms with Crippen molar-refractivity contribution in [3.63, 3.8) is 0 Å². The van der Waals surface area contributed by atoms with Crippen LogP contribution in [-0.2, 0) is 14.3 Å². The number of nitrogens with zero attached hydrogens (tertiary/aromatic N) is 1. The second-order valence-electron chi connectivity index (χ2n) is 6.17. The minimum Gasteiger partial charge on any atom is -0.484 e. The molecule has 6 nitrogen and oxygen atoms in total. The van der Waals surface area contributed by atoms with Crippen molar-refractivity contribution in [3.8, 4) is 5.75 Å². The summed E-state index contributed by atoms with van der Waals surface area (Å²) in [6, 6.07) is 4.95. The van der Waals surface area contributed by atoms with Crippen molar-refractivity contribution < 1.29 is 23.9 Å². The summed E-state index contributed by atoms with van der Waals surface area (Å²) in [5.41, 5.74) is -0.234. The molecule has 1 spiro atoms. The second kappa shape index (κ2) is 6.43. The van der Waals surface area contributed by atoms with Gasteiger partial charge in [-0.2, -0.15) is 0 Å². The molecule has 1 fully saturated rings. The number of fused-ring (bicyclic) bond motifs is 1. The number of methoxy groups -OCH3 is 1. The highest BCUT2D eigenvalue weighted by Gasteiger charge is 2.45. The molecule has 2 heterocycles. The van der Waals surface area contributed by atoms with Crippen LogP contribution in [0.25, 0.3) is 0 Å². The van der Waals surface area contributed by atoms with Crippen LogP contribution in [0.2, 0.25) is 5.02 Å². The van der Waals surface area contributed by atoms with E-state index < -0.39 is 5.60 Å². The van der Waals surface area contributed by atoms with Crippen LogP contribution in [0.5, 0.6) is 5.75 Å². The van der Waals surface area contributed by atoms with Gasteiger partial charge in [-0.1, -0.05) is 11.6 Å². The predicted molar refractivity (Wildman–Crippen MR) is 86.2 cm³/mol. The van der Waals surface area contributed by atoms with Gasteiger partial charge in [-0.05, 0) is 24.6 Å². The summed E-state index contributed by atoms with van der Waals surface area (Å²) >= 11 is 6.00. The summed E-state index contributed by atoms with van der Waals surface area (Å²) in [5.74, 6) is 0.0221. The minimum atomic E-state index is -0.751. The molecular weight excluding hydrogens is 334 g/mol. The fraction of sp³-hybridized carbons (Fsp3) is 0.471. The average molecular weight is 352 g/mol. The number of ketones is 1. The van der Waals surface area contributed by atoms with E-state index in [-0.39, 0.29) is 50.0 Å². The zero-order valence-corrected chi connectivity index (χ0v) is 14.1. The lowest BCUT2D eigenvalue weighted by Gasteiger charge is -2.44. The van der Waals surface area contributed by atoms with E-state index in [2.05, 4.69) is 4.74 Å². The summed E-state index contributed by atoms with van der Waals surface area (Å²) in [5, 5.41) is 0.494. The molecule has 0 N–H and O–H groups in total. The van der Waals surface area contributed by atoms with Crippen LogP contribution in [-0.4, -0.2) is 48.4 Å². The quantitative estimate of drug-likeness (QED) is 0.781. The summed E-state index contributed by atoms with van der Waals surface area (Å²) in [7, 11) is 1.31. The van der Waals surface area contributed by atoms with Crippen molar-refractivity contribution in [2.45, 2.75) is 31.3 Å². The van der Waals surface area contributed by atoms with E-state index in [9.17, 15) is 14.4 Å². The van der Waals surface area contributed by atoms with E-state index in [1.54, 1.807) is 23.1 Å². The molecule has 1 unspecified atom stereocenters. The number of likely N-dealkylation sites (tertiary alicyclic amines) is 1. The molecule has 2 aliphatic heterocycles. The maximum Gasteiger partial charge on any atom is 0.307 e. The van der Waals surface area contributed by atoms with Crippen LogP contribution < -0.4 is 4.74 Å². The minimum absolute atomic E-state index is 0.0183. The Bertz CT molecular complexity index is 704. The Morgan fingerprint density at radius 1 is 1.42 bits per heavy atom. The maximum absolute atomic E-state index is 12.5. The van der Waals surface area contributed by atoms with Gasteiger partial charge in [0.1, 0.15) is 11.4 Å². The molecule has 7 heteroatoms. The first kappa shape index (κ1) is 16.8. The van der Waals surface area contributed by atoms with Gasteiger partial charge in [0.25, 0.3) is 0 Å². The van der Waals surface area contributed by atoms with Crippen molar-refractivity contribution in [1.29, 1.82) is 0 Å². The molecular formula is C17H18ClNO5. The van der Waals surface area contributed by atoms with Gasteiger partial charge in [0.05, 0.1) is 32.1 Å². The Morgan fingerprint density at radius 3 is 2.96 bits per heavy atom. The van der Waals surface area contributed by atoms with Crippen molar-refractivity contribution in [3.05, 3.63) is 28.8 Å². The monoisotopic (exact) mass is 351 g/mol. The number of ether oxygens (including phenoxy) is 2. The first-order valence-electron chi connectivity index (χ1n) is 7.79. The number of Topliss-reactive ketones (excluding diaryl/α,β-unsaturated/α-hetero) is 1. The fourth-order valence-electron chi connectivity index (χ4n) is 3.24. The Kier molecular flexibility index (Phi) is 4.49. The van der Waals surface area contributed by atoms with Crippen LogP contribution in [0.4, 0.5) is 0 Å². The Morgan fingerprint density at radius 2 is 2.21 bits per heavy atom. The predicted octanol–water partition coefficient (Wildman–Crippen LogP) is 2.23. The Hall–Kier alpha value is -2.08. The van der Waals surface area contributed by atoms with E-state index in [4.69, 9.17) is 16.3 Å². The molecule has 1 aromatic carbocycles. The van der Waals surface area contributed by atoms with Gasteiger partial charge in [-0.25, -0.2) is 0 Å². The lowest BCUT2D eigenvalue weighted by Crippen LogP contribution is -2.56. The average Bonchev–Trinajstić information content (AvgIpc) is 2.55. The second-order valence-corrected chi connectivity index (χ2v) is 6.60. The van der Waals surface area contributed by atoms with Gasteiger partial charge >= 0.3 is 5.97 Å². The van der Waals surface area contributed by atoms with Crippen molar-refractivity contribution in [1.82, 2.24) is 4.90 Å². The van der Waals surface area contributed by atoms with Gasteiger partial charge in [0.15, 0.2) is 5.78 Å². The highest BCUT2D eigenvalue weighted by molar-refractivity contribution is 6.30. The molecule has 1 amide bonds. The number of piperidine rings is 1. The molecule has 0 aliphatic carbocycles. The number of hydrogen-bond acceptors (Lipinski definition) is 5. The maximum atomic E-state index is 12.5. The van der Waals surface area contributed by atoms with Gasteiger partial charge < -0.3 is 14.4 Å². The van der Waals surface area contributed by atoms with Crippen molar-refractivity contribution >= 4 is 29.3 Å². The zero-order chi connectivity index (χ0) is 17.3. The Balaban J connectivity index is 1.79. The third kappa shape index (κ3) is 3.24. The zero-order valence-electron chi connectivity index (χ0n) is 13.3. The van der Waals surface area contributed by atoms with Crippen molar-refractivity contribution in [2.75, 3.05) is 20.2 Å². The van der Waals surface area contributed by atoms with Gasteiger partial charge in [-0.3, -0.25) is 14.4 Å². The number of hydrogen-bond donors (Lipinski definition) is 0. The summed E-state index contributed by atoms with van der Waals surface area (Å²) in [6.07, 6.45) is 1.08. The number of carbonyl (C=O) groups excluding carboxylic acids is 3. The first-order valence-corrected chi connectivity index (χ1v) is 8.17. The molecule has 1 aromatic rings. The Labute approximate surface area is 144 Å². The van der Waals surface area contributed by atoms with Crippen LogP contribution in [0.15, 0.2) is 18.2 Å². The van der Waals surface area contributed by atoms with Crippen molar-refractivity contribution in [2.24, 2.45) is 0 Å². The molecule has 3 rings (SSSR count). The van der Waals surface area contributed by atoms with Gasteiger partial charge in [0, 0.05) is 18.0 Å². The highest BCUT2D eigenvalue weighted by atomic mass is 35.5. The molecule has 2 aliphatic rings. The van der Waals surface area contributed by atoms with Crippen LogP contribution in [0, 0.1) is 0 Å². The number of esters is 1. The number of carbonyl (C=O) groups is 3. The molecule has 0 aromatic heterocycles. The van der Waals surface area contributed by atoms with Crippen LogP contribution >= 0.6 is 11.6 Å². The fourth-order valence-corrected chi connectivity index (χ4v) is 3.40. The van der Waals surface area contributed by atoms with Crippen LogP contribution in [0.1, 0.15) is 36.0 Å². The number of amides is 1. The molecule has 24 heavy (non-hydrogen) atoms. The number of rotatable bonds is 3. The van der Waals surface area contributed by atoms with E-state index in [1.807, 2.05) is 0 Å². The molecule has 0 saturated carbocycles. The summed E-state index contributed by atoms with van der Waals surface area (Å²) in [4.78, 5) is 37.5. The molecule has 1 atom stereocenters. The first-order chi connectivity index (χ1) is 11.4. The van der Waals surface area contributed by atoms with E-state index in [1.165, 1.54) is 7.11 Å². The lowest BCUT2D eigenvalue weighted by molar-refractivity contribution is -0.145. The van der Waals surface area contributed by atoms with Crippen LogP contribution in [0.3, 0.4) is 0 Å². The van der Waals surface area contributed by atoms with E-state index in [0.717, 1.165) is 0 Å². The normalized spacial score (nSPS) is 23.0. The standard InChI is InChI=1S/C17H18ClNO5/c1-23-16(22)5-7-19-10-17(6-4-15(19)21)9-13(20)12-3-2-11(18)8-14(12)24-17/h2-3,8H,4-7,9-10H2,1H3. The number of benzene rings is 1. The SMILES string of the molecule is COC(=O)CCN1CC2(CCC1=O)CC(=O)c1ccc(Cl)cc1O2. The number of halogens is 1. The van der Waals surface area contributed by atoms with Gasteiger partial charge in [-0.15, -0.1) is 0 Å². The van der Waals surface area contributed by atoms with E-state index >= 15 is 0 Å². The summed E-state index contributed by atoms with van der Waals surface area (Å²) in [6.45, 7) is 0.535. The van der Waals surface area contributed by atoms with Gasteiger partial charge in [0.2, 0.25) is 5.91 Å². The lowest BCUT2D eigenvalue weighted by atomic mass is 9.83. The third-order valence-electron chi connectivity index (χ3n) is 4.49. The smallest absolute Gasteiger partial charge is 0.307 e. The highest BCUT2D eigenvalue weighted by Crippen LogP contribution is 2.39. The third-order valence-corrected chi connectivity index (χ3v) is 4.73. The van der Waals surface area contributed by atoms with E-state index in [0.29, 0.717) is 22.8 Å². The summed E-state index contributed by atoms with van der Waals surface area (Å²) < 4.78 is 10.7. The largest absolute Gasteiger partial charge is 0.484 e. The molecule has 0 bridgehead atoms. The topological polar surface area (TPSA) is 72.9 Å². The molecule has 128 valence electrons.